The lowest BCUT2D eigenvalue weighted by Gasteiger charge is -2.57. The normalized spacial score (nSPS) is 38.8. The second-order valence-corrected chi connectivity index (χ2v) is 11.4. The van der Waals surface area contributed by atoms with E-state index < -0.39 is 5.97 Å². The molecule has 0 aromatic rings. The van der Waals surface area contributed by atoms with E-state index in [-0.39, 0.29) is 22.3 Å². The number of fused-ring (bicyclic) bond motifs is 5. The highest BCUT2D eigenvalue weighted by Crippen LogP contribution is 2.65. The number of carbonyl (C=O) groups excluding carboxylic acids is 1. The van der Waals surface area contributed by atoms with E-state index in [9.17, 15) is 14.7 Å². The van der Waals surface area contributed by atoms with Gasteiger partial charge in [0, 0.05) is 17.5 Å². The molecule has 4 aliphatic carbocycles. The lowest BCUT2D eigenvalue weighted by molar-refractivity contribution is -0.133. The first kappa shape index (κ1) is 20.7. The molecule has 0 spiro atoms. The van der Waals surface area contributed by atoms with Crippen molar-refractivity contribution in [1.82, 2.24) is 5.32 Å². The molecule has 0 heterocycles. The van der Waals surface area contributed by atoms with Crippen molar-refractivity contribution in [3.05, 3.63) is 23.3 Å². The van der Waals surface area contributed by atoms with Gasteiger partial charge in [0.15, 0.2) is 0 Å². The summed E-state index contributed by atoms with van der Waals surface area (Å²) in [6, 6.07) is 0. The third kappa shape index (κ3) is 3.57. The number of aliphatic carboxylic acids is 1. The molecule has 29 heavy (non-hydrogen) atoms. The van der Waals surface area contributed by atoms with Crippen LogP contribution in [0, 0.1) is 28.6 Å². The highest BCUT2D eigenvalue weighted by atomic mass is 16.4. The Morgan fingerprint density at radius 1 is 1.17 bits per heavy atom. The van der Waals surface area contributed by atoms with Gasteiger partial charge in [-0.25, -0.2) is 4.79 Å². The maximum atomic E-state index is 12.8. The smallest absolute Gasteiger partial charge is 0.331 e. The van der Waals surface area contributed by atoms with Crippen LogP contribution in [0.5, 0.6) is 0 Å². The third-order valence-corrected chi connectivity index (χ3v) is 8.60. The van der Waals surface area contributed by atoms with Gasteiger partial charge >= 0.3 is 5.97 Å². The molecule has 0 radical (unpaired) electrons. The van der Waals surface area contributed by atoms with Gasteiger partial charge < -0.3 is 10.4 Å². The Balaban J connectivity index is 1.58. The van der Waals surface area contributed by atoms with Gasteiger partial charge in [0.05, 0.1) is 0 Å². The molecule has 1 amide bonds. The number of allylic oxidation sites excluding steroid dienone is 3. The van der Waals surface area contributed by atoms with Gasteiger partial charge in [-0.05, 0) is 106 Å². The molecule has 4 heteroatoms. The Bertz CT molecular complexity index is 773. The van der Waals surface area contributed by atoms with Gasteiger partial charge in [-0.3, -0.25) is 4.79 Å². The monoisotopic (exact) mass is 399 g/mol. The lowest BCUT2D eigenvalue weighted by Crippen LogP contribution is -2.51. The number of hydrogen-bond acceptors (Lipinski definition) is 2. The summed E-state index contributed by atoms with van der Waals surface area (Å²) in [5.74, 6) is 1.34. The van der Waals surface area contributed by atoms with E-state index in [0.29, 0.717) is 36.2 Å². The predicted octanol–water partition coefficient (Wildman–Crippen LogP) is 5.25. The minimum absolute atomic E-state index is 0.101. The van der Waals surface area contributed by atoms with Crippen LogP contribution < -0.4 is 5.32 Å². The molecule has 0 aromatic heterocycles. The summed E-state index contributed by atoms with van der Waals surface area (Å²) < 4.78 is 0. The highest BCUT2D eigenvalue weighted by Gasteiger charge is 2.57. The van der Waals surface area contributed by atoms with Crippen molar-refractivity contribution >= 4 is 11.9 Å². The van der Waals surface area contributed by atoms with Crippen molar-refractivity contribution in [1.29, 1.82) is 0 Å². The van der Waals surface area contributed by atoms with E-state index >= 15 is 0 Å². The molecule has 2 saturated carbocycles. The Labute approximate surface area is 175 Å². The molecule has 0 unspecified atom stereocenters. The number of nitrogens with one attached hydrogen (secondary N) is 1. The van der Waals surface area contributed by atoms with Gasteiger partial charge in [-0.1, -0.05) is 19.4 Å². The second kappa shape index (κ2) is 6.99. The minimum atomic E-state index is -0.765. The van der Waals surface area contributed by atoms with Crippen LogP contribution in [0.25, 0.3) is 0 Å². The SMILES string of the molecule is CC(C)(C)NC(=O)C[C@@]12CCC[C@H]1[C@@H]1CC=C3C=C(C(=O)O)CC[C@]3(C)[C@H]1CC2. The Kier molecular flexibility index (Phi) is 4.99. The van der Waals surface area contributed by atoms with Crippen molar-refractivity contribution in [2.45, 2.75) is 91.0 Å². The van der Waals surface area contributed by atoms with Gasteiger partial charge in [-0.15, -0.1) is 0 Å². The molecule has 160 valence electrons. The summed E-state index contributed by atoms with van der Waals surface area (Å²) in [7, 11) is 0. The third-order valence-electron chi connectivity index (χ3n) is 8.60. The van der Waals surface area contributed by atoms with Crippen molar-refractivity contribution in [2.75, 3.05) is 0 Å². The summed E-state index contributed by atoms with van der Waals surface area (Å²) in [4.78, 5) is 24.3. The van der Waals surface area contributed by atoms with Crippen molar-refractivity contribution < 1.29 is 14.7 Å². The fraction of sp³-hybridized carbons (Fsp3) is 0.760. The van der Waals surface area contributed by atoms with E-state index in [1.807, 2.05) is 6.08 Å². The molecule has 0 saturated heterocycles. The quantitative estimate of drug-likeness (QED) is 0.681. The van der Waals surface area contributed by atoms with E-state index in [1.54, 1.807) is 0 Å². The molecular formula is C25H37NO3. The van der Waals surface area contributed by atoms with E-state index in [4.69, 9.17) is 0 Å². The zero-order valence-electron chi connectivity index (χ0n) is 18.5. The fourth-order valence-corrected chi connectivity index (χ4v) is 7.38. The van der Waals surface area contributed by atoms with Gasteiger partial charge in [0.1, 0.15) is 0 Å². The predicted molar refractivity (Wildman–Crippen MR) is 114 cm³/mol. The summed E-state index contributed by atoms with van der Waals surface area (Å²) in [6.45, 7) is 8.55. The molecule has 5 atom stereocenters. The van der Waals surface area contributed by atoms with Crippen LogP contribution in [0.2, 0.25) is 0 Å². The van der Waals surface area contributed by atoms with Crippen molar-refractivity contribution in [2.24, 2.45) is 28.6 Å². The highest BCUT2D eigenvalue weighted by molar-refractivity contribution is 5.87. The van der Waals surface area contributed by atoms with Gasteiger partial charge in [0.2, 0.25) is 5.91 Å². The zero-order chi connectivity index (χ0) is 21.0. The summed E-state index contributed by atoms with van der Waals surface area (Å²) in [5.41, 5.74) is 1.93. The molecule has 2 fully saturated rings. The molecule has 0 aliphatic heterocycles. The molecule has 0 aromatic carbocycles. The topological polar surface area (TPSA) is 66.4 Å². The number of carboxylic acids is 1. The van der Waals surface area contributed by atoms with Crippen LogP contribution in [0.3, 0.4) is 0 Å². The summed E-state index contributed by atoms with van der Waals surface area (Å²) >= 11 is 0. The zero-order valence-corrected chi connectivity index (χ0v) is 18.5. The number of carbonyl (C=O) groups is 2. The van der Waals surface area contributed by atoms with Crippen molar-refractivity contribution in [3.8, 4) is 0 Å². The van der Waals surface area contributed by atoms with Crippen molar-refractivity contribution in [3.63, 3.8) is 0 Å². The van der Waals surface area contributed by atoms with Gasteiger partial charge in [-0.2, -0.15) is 0 Å². The molecule has 2 N–H and O–H groups in total. The minimum Gasteiger partial charge on any atom is -0.478 e. The molecular weight excluding hydrogens is 362 g/mol. The standard InChI is InChI=1S/C25H37NO3/c1-23(2,3)26-21(27)15-25-11-5-6-20(25)18-8-7-17-14-16(22(28)29)9-12-24(17,4)19(18)10-13-25/h7,14,18-20H,5-6,8-13,15H2,1-4H3,(H,26,27)(H,28,29)/t18-,19+,20+,24+,25+/m1/s1. The van der Waals surface area contributed by atoms with Crippen LogP contribution in [0.15, 0.2) is 23.3 Å². The van der Waals surface area contributed by atoms with E-state index in [2.05, 4.69) is 39.1 Å². The number of amides is 1. The van der Waals surface area contributed by atoms with E-state index in [0.717, 1.165) is 19.3 Å². The molecule has 4 rings (SSSR count). The molecule has 4 nitrogen and oxygen atoms in total. The molecule has 4 aliphatic rings. The van der Waals surface area contributed by atoms with Crippen LogP contribution >= 0.6 is 0 Å². The average Bonchev–Trinajstić information content (AvgIpc) is 3.02. The van der Waals surface area contributed by atoms with Gasteiger partial charge in [0.25, 0.3) is 0 Å². The second-order valence-electron chi connectivity index (χ2n) is 11.4. The van der Waals surface area contributed by atoms with Crippen LogP contribution in [-0.2, 0) is 9.59 Å². The first-order chi connectivity index (χ1) is 13.5. The summed E-state index contributed by atoms with van der Waals surface area (Å²) in [6.07, 6.45) is 13.7. The maximum Gasteiger partial charge on any atom is 0.331 e. The van der Waals surface area contributed by atoms with E-state index in [1.165, 1.54) is 31.3 Å². The molecule has 0 bridgehead atoms. The Hall–Kier alpha value is -1.58. The maximum absolute atomic E-state index is 12.8. The largest absolute Gasteiger partial charge is 0.478 e. The van der Waals surface area contributed by atoms with Crippen LogP contribution in [-0.4, -0.2) is 22.5 Å². The van der Waals surface area contributed by atoms with Crippen LogP contribution in [0.4, 0.5) is 0 Å². The average molecular weight is 400 g/mol. The lowest BCUT2D eigenvalue weighted by atomic mass is 9.48. The Morgan fingerprint density at radius 3 is 2.62 bits per heavy atom. The Morgan fingerprint density at radius 2 is 1.93 bits per heavy atom. The van der Waals surface area contributed by atoms with Crippen LogP contribution in [0.1, 0.15) is 85.5 Å². The first-order valence-corrected chi connectivity index (χ1v) is 11.5. The fourth-order valence-electron chi connectivity index (χ4n) is 7.38. The first-order valence-electron chi connectivity index (χ1n) is 11.5. The number of carboxylic acid groups (broad SMARTS) is 1. The number of hydrogen-bond donors (Lipinski definition) is 2. The number of rotatable bonds is 3. The summed E-state index contributed by atoms with van der Waals surface area (Å²) in [5, 5.41) is 12.6.